The molecule has 2 aliphatic carbocycles. The SMILES string of the molecule is O=C(Nc1cnc(C2CC2)nc1)NC1CCN(C2CC2)CC1. The van der Waals surface area contributed by atoms with Crippen LogP contribution in [0, 0.1) is 0 Å². The second kappa shape index (κ2) is 5.83. The van der Waals surface area contributed by atoms with Crippen molar-refractivity contribution in [2.24, 2.45) is 0 Å². The van der Waals surface area contributed by atoms with Crippen molar-refractivity contribution in [1.29, 1.82) is 0 Å². The van der Waals surface area contributed by atoms with Gasteiger partial charge in [0.1, 0.15) is 5.82 Å². The van der Waals surface area contributed by atoms with Gasteiger partial charge in [0.15, 0.2) is 0 Å². The van der Waals surface area contributed by atoms with E-state index in [4.69, 9.17) is 0 Å². The highest BCUT2D eigenvalue weighted by atomic mass is 16.2. The molecular weight excluding hydrogens is 278 g/mol. The molecule has 6 heteroatoms. The van der Waals surface area contributed by atoms with Crippen LogP contribution in [0.5, 0.6) is 0 Å². The van der Waals surface area contributed by atoms with Gasteiger partial charge in [-0.1, -0.05) is 0 Å². The lowest BCUT2D eigenvalue weighted by atomic mass is 10.1. The summed E-state index contributed by atoms with van der Waals surface area (Å²) in [6.45, 7) is 2.21. The maximum atomic E-state index is 12.0. The highest BCUT2D eigenvalue weighted by Gasteiger charge is 2.32. The van der Waals surface area contributed by atoms with E-state index in [1.807, 2.05) is 0 Å². The van der Waals surface area contributed by atoms with Gasteiger partial charge in [0.05, 0.1) is 18.1 Å². The van der Waals surface area contributed by atoms with E-state index in [1.54, 1.807) is 12.4 Å². The molecule has 0 bridgehead atoms. The quantitative estimate of drug-likeness (QED) is 0.893. The number of aromatic nitrogens is 2. The van der Waals surface area contributed by atoms with Crippen LogP contribution in [0.4, 0.5) is 10.5 Å². The Labute approximate surface area is 130 Å². The standard InChI is InChI=1S/C16H23N5O/c22-16(19-12-5-7-21(8-6-12)14-3-4-14)20-13-9-17-15(18-10-13)11-1-2-11/h9-12,14H,1-8H2,(H2,19,20,22). The Morgan fingerprint density at radius 1 is 1.05 bits per heavy atom. The summed E-state index contributed by atoms with van der Waals surface area (Å²) in [5.41, 5.74) is 0.664. The number of likely N-dealkylation sites (tertiary alicyclic amines) is 1. The Morgan fingerprint density at radius 2 is 1.73 bits per heavy atom. The topological polar surface area (TPSA) is 70.1 Å². The number of nitrogens with one attached hydrogen (secondary N) is 2. The van der Waals surface area contributed by atoms with Gasteiger partial charge >= 0.3 is 6.03 Å². The highest BCUT2D eigenvalue weighted by Crippen LogP contribution is 2.37. The summed E-state index contributed by atoms with van der Waals surface area (Å²) in [6.07, 6.45) is 10.6. The minimum Gasteiger partial charge on any atom is -0.335 e. The molecule has 1 aliphatic heterocycles. The molecule has 3 aliphatic rings. The molecule has 2 saturated carbocycles. The van der Waals surface area contributed by atoms with Gasteiger partial charge in [0, 0.05) is 31.1 Å². The first-order valence-electron chi connectivity index (χ1n) is 8.41. The predicted octanol–water partition coefficient (Wildman–Crippen LogP) is 2.10. The molecule has 2 amide bonds. The minimum absolute atomic E-state index is 0.146. The zero-order valence-corrected chi connectivity index (χ0v) is 12.8. The number of carbonyl (C=O) groups is 1. The lowest BCUT2D eigenvalue weighted by Gasteiger charge is -2.32. The Bertz CT molecular complexity index is 530. The number of hydrogen-bond acceptors (Lipinski definition) is 4. The van der Waals surface area contributed by atoms with Gasteiger partial charge in [0.2, 0.25) is 0 Å². The van der Waals surface area contributed by atoms with E-state index in [9.17, 15) is 4.79 Å². The van der Waals surface area contributed by atoms with E-state index in [0.717, 1.165) is 37.8 Å². The second-order valence-corrected chi connectivity index (χ2v) is 6.74. The summed E-state index contributed by atoms with van der Waals surface area (Å²) in [7, 11) is 0. The van der Waals surface area contributed by atoms with Gasteiger partial charge in [-0.15, -0.1) is 0 Å². The van der Waals surface area contributed by atoms with Crippen LogP contribution in [0.15, 0.2) is 12.4 Å². The molecule has 0 atom stereocenters. The van der Waals surface area contributed by atoms with Crippen molar-refractivity contribution in [2.45, 2.75) is 56.5 Å². The second-order valence-electron chi connectivity index (χ2n) is 6.74. The first kappa shape index (κ1) is 13.9. The van der Waals surface area contributed by atoms with Crippen molar-refractivity contribution >= 4 is 11.7 Å². The third-order valence-electron chi connectivity index (χ3n) is 4.80. The molecule has 2 heterocycles. The first-order chi connectivity index (χ1) is 10.8. The molecule has 0 spiro atoms. The van der Waals surface area contributed by atoms with Gasteiger partial charge in [0.25, 0.3) is 0 Å². The molecule has 4 rings (SSSR count). The molecule has 1 aromatic heterocycles. The number of rotatable bonds is 4. The molecule has 1 aromatic rings. The van der Waals surface area contributed by atoms with Crippen LogP contribution < -0.4 is 10.6 Å². The number of urea groups is 1. The van der Waals surface area contributed by atoms with Crippen LogP contribution in [0.25, 0.3) is 0 Å². The van der Waals surface area contributed by atoms with Crippen molar-refractivity contribution in [3.63, 3.8) is 0 Å². The van der Waals surface area contributed by atoms with E-state index in [2.05, 4.69) is 25.5 Å². The predicted molar refractivity (Wildman–Crippen MR) is 83.8 cm³/mol. The molecule has 1 saturated heterocycles. The van der Waals surface area contributed by atoms with E-state index in [0.29, 0.717) is 11.6 Å². The summed E-state index contributed by atoms with van der Waals surface area (Å²) in [5, 5.41) is 5.90. The number of amides is 2. The monoisotopic (exact) mass is 301 g/mol. The van der Waals surface area contributed by atoms with E-state index >= 15 is 0 Å². The molecule has 6 nitrogen and oxygen atoms in total. The summed E-state index contributed by atoms with van der Waals surface area (Å²) in [4.78, 5) is 23.2. The summed E-state index contributed by atoms with van der Waals surface area (Å²) in [5.74, 6) is 1.44. The molecule has 2 N–H and O–H groups in total. The van der Waals surface area contributed by atoms with Crippen LogP contribution in [0.1, 0.15) is 50.3 Å². The largest absolute Gasteiger partial charge is 0.335 e. The zero-order chi connectivity index (χ0) is 14.9. The lowest BCUT2D eigenvalue weighted by molar-refractivity contribution is 0.189. The lowest BCUT2D eigenvalue weighted by Crippen LogP contribution is -2.46. The van der Waals surface area contributed by atoms with Crippen LogP contribution >= 0.6 is 0 Å². The molecule has 0 aromatic carbocycles. The normalized spacial score (nSPS) is 23.3. The Kier molecular flexibility index (Phi) is 3.70. The average molecular weight is 301 g/mol. The van der Waals surface area contributed by atoms with Crippen molar-refractivity contribution in [2.75, 3.05) is 18.4 Å². The number of hydrogen-bond donors (Lipinski definition) is 2. The highest BCUT2D eigenvalue weighted by molar-refractivity contribution is 5.89. The Hall–Kier alpha value is -1.69. The number of nitrogens with zero attached hydrogens (tertiary/aromatic N) is 3. The zero-order valence-electron chi connectivity index (χ0n) is 12.8. The molecule has 3 fully saturated rings. The Morgan fingerprint density at radius 3 is 2.32 bits per heavy atom. The summed E-state index contributed by atoms with van der Waals surface area (Å²) >= 11 is 0. The third kappa shape index (κ3) is 3.38. The fourth-order valence-corrected chi connectivity index (χ4v) is 3.16. The number of piperidine rings is 1. The molecular formula is C16H23N5O. The van der Waals surface area contributed by atoms with Gasteiger partial charge in [-0.3, -0.25) is 0 Å². The van der Waals surface area contributed by atoms with Crippen LogP contribution in [0.2, 0.25) is 0 Å². The van der Waals surface area contributed by atoms with Crippen molar-refractivity contribution in [1.82, 2.24) is 20.2 Å². The van der Waals surface area contributed by atoms with Crippen molar-refractivity contribution in [3.05, 3.63) is 18.2 Å². The molecule has 0 unspecified atom stereocenters. The van der Waals surface area contributed by atoms with E-state index in [1.165, 1.54) is 25.7 Å². The maximum Gasteiger partial charge on any atom is 0.319 e. The molecule has 118 valence electrons. The number of carbonyl (C=O) groups excluding carboxylic acids is 1. The van der Waals surface area contributed by atoms with E-state index in [-0.39, 0.29) is 12.1 Å². The number of anilines is 1. The van der Waals surface area contributed by atoms with Crippen molar-refractivity contribution in [3.8, 4) is 0 Å². The fraction of sp³-hybridized carbons (Fsp3) is 0.688. The molecule has 22 heavy (non-hydrogen) atoms. The van der Waals surface area contributed by atoms with E-state index < -0.39 is 0 Å². The van der Waals surface area contributed by atoms with Gasteiger partial charge in [-0.2, -0.15) is 0 Å². The van der Waals surface area contributed by atoms with Gasteiger partial charge < -0.3 is 15.5 Å². The molecule has 0 radical (unpaired) electrons. The first-order valence-corrected chi connectivity index (χ1v) is 8.41. The van der Waals surface area contributed by atoms with Crippen molar-refractivity contribution < 1.29 is 4.79 Å². The maximum absolute atomic E-state index is 12.0. The summed E-state index contributed by atoms with van der Waals surface area (Å²) in [6, 6.07) is 0.964. The summed E-state index contributed by atoms with van der Waals surface area (Å²) < 4.78 is 0. The van der Waals surface area contributed by atoms with Gasteiger partial charge in [-0.05, 0) is 38.5 Å². The average Bonchev–Trinajstić information content (AvgIpc) is 3.40. The third-order valence-corrected chi connectivity index (χ3v) is 4.80. The van der Waals surface area contributed by atoms with Crippen LogP contribution in [-0.2, 0) is 0 Å². The van der Waals surface area contributed by atoms with Gasteiger partial charge in [-0.25, -0.2) is 14.8 Å². The Balaban J connectivity index is 1.23. The minimum atomic E-state index is -0.146. The van der Waals surface area contributed by atoms with Crippen LogP contribution in [0.3, 0.4) is 0 Å². The van der Waals surface area contributed by atoms with Crippen LogP contribution in [-0.4, -0.2) is 46.1 Å². The smallest absolute Gasteiger partial charge is 0.319 e. The fourth-order valence-electron chi connectivity index (χ4n) is 3.16.